The van der Waals surface area contributed by atoms with E-state index in [0.29, 0.717) is 13.2 Å². The smallest absolute Gasteiger partial charge is 0.122 e. The van der Waals surface area contributed by atoms with Gasteiger partial charge >= 0.3 is 0 Å². The van der Waals surface area contributed by atoms with E-state index in [-0.39, 0.29) is 0 Å². The second-order valence-electron chi connectivity index (χ2n) is 3.75. The average molecular weight is 208 g/mol. The van der Waals surface area contributed by atoms with Gasteiger partial charge in [0.2, 0.25) is 0 Å². The highest BCUT2D eigenvalue weighted by Gasteiger charge is 2.03. The van der Waals surface area contributed by atoms with Crippen molar-refractivity contribution in [2.45, 2.75) is 27.7 Å². The molecule has 1 aromatic rings. The van der Waals surface area contributed by atoms with Crippen molar-refractivity contribution in [2.24, 2.45) is 0 Å². The van der Waals surface area contributed by atoms with Gasteiger partial charge in [-0.1, -0.05) is 6.07 Å². The summed E-state index contributed by atoms with van der Waals surface area (Å²) in [6, 6.07) is 4.25. The zero-order valence-corrected chi connectivity index (χ0v) is 10.1. The predicted molar refractivity (Wildman–Crippen MR) is 62.6 cm³/mol. The maximum atomic E-state index is 5.68. The van der Waals surface area contributed by atoms with E-state index in [1.165, 1.54) is 16.7 Å². The van der Waals surface area contributed by atoms with E-state index in [4.69, 9.17) is 9.47 Å². The summed E-state index contributed by atoms with van der Waals surface area (Å²) in [6.45, 7) is 10.3. The second-order valence-corrected chi connectivity index (χ2v) is 3.75. The van der Waals surface area contributed by atoms with Gasteiger partial charge in [0.05, 0.1) is 6.61 Å². The Morgan fingerprint density at radius 2 is 1.80 bits per heavy atom. The van der Waals surface area contributed by atoms with Crippen LogP contribution in [0.1, 0.15) is 23.6 Å². The van der Waals surface area contributed by atoms with Crippen LogP contribution in [0.25, 0.3) is 0 Å². The van der Waals surface area contributed by atoms with Crippen molar-refractivity contribution in [3.8, 4) is 5.75 Å². The molecule has 15 heavy (non-hydrogen) atoms. The minimum atomic E-state index is 0.623. The van der Waals surface area contributed by atoms with E-state index in [1.54, 1.807) is 0 Å². The Kier molecular flexibility index (Phi) is 4.63. The number of rotatable bonds is 5. The highest BCUT2D eigenvalue weighted by molar-refractivity contribution is 5.41. The van der Waals surface area contributed by atoms with Crippen LogP contribution in [0.4, 0.5) is 0 Å². The lowest BCUT2D eigenvalue weighted by molar-refractivity contribution is 0.110. The van der Waals surface area contributed by atoms with Crippen molar-refractivity contribution in [3.63, 3.8) is 0 Å². The molecule has 0 aliphatic rings. The fourth-order valence-electron chi connectivity index (χ4n) is 1.51. The normalized spacial score (nSPS) is 10.4. The summed E-state index contributed by atoms with van der Waals surface area (Å²) in [4.78, 5) is 0. The highest BCUT2D eigenvalue weighted by Crippen LogP contribution is 2.22. The van der Waals surface area contributed by atoms with Crippen molar-refractivity contribution in [2.75, 3.05) is 19.8 Å². The summed E-state index contributed by atoms with van der Waals surface area (Å²) < 4.78 is 10.9. The minimum absolute atomic E-state index is 0.623. The lowest BCUT2D eigenvalue weighted by Crippen LogP contribution is -2.07. The van der Waals surface area contributed by atoms with E-state index in [1.807, 2.05) is 6.92 Å². The van der Waals surface area contributed by atoms with Crippen LogP contribution in [-0.2, 0) is 4.74 Å². The quantitative estimate of drug-likeness (QED) is 0.692. The van der Waals surface area contributed by atoms with Gasteiger partial charge in [-0.05, 0) is 50.5 Å². The molecule has 2 heteroatoms. The molecule has 0 radical (unpaired) electrons. The summed E-state index contributed by atoms with van der Waals surface area (Å²) >= 11 is 0. The molecule has 0 spiro atoms. The van der Waals surface area contributed by atoms with Crippen LogP contribution < -0.4 is 4.74 Å². The molecule has 0 amide bonds. The van der Waals surface area contributed by atoms with E-state index in [2.05, 4.69) is 32.9 Å². The van der Waals surface area contributed by atoms with Crippen LogP contribution in [0.15, 0.2) is 12.1 Å². The van der Waals surface area contributed by atoms with E-state index in [9.17, 15) is 0 Å². The molecular weight excluding hydrogens is 188 g/mol. The molecule has 0 heterocycles. The van der Waals surface area contributed by atoms with Gasteiger partial charge in [0.15, 0.2) is 0 Å². The number of aryl methyl sites for hydroxylation is 2. The average Bonchev–Trinajstić information content (AvgIpc) is 2.19. The van der Waals surface area contributed by atoms with Gasteiger partial charge in [0.25, 0.3) is 0 Å². The third kappa shape index (κ3) is 3.56. The molecule has 2 nitrogen and oxygen atoms in total. The molecule has 0 aliphatic heterocycles. The van der Waals surface area contributed by atoms with Crippen LogP contribution in [0.5, 0.6) is 5.75 Å². The first kappa shape index (κ1) is 12.1. The summed E-state index contributed by atoms with van der Waals surface area (Å²) in [5, 5.41) is 0. The Hall–Kier alpha value is -1.02. The first-order valence-electron chi connectivity index (χ1n) is 5.43. The Bertz CT molecular complexity index is 319. The lowest BCUT2D eigenvalue weighted by Gasteiger charge is -2.12. The third-order valence-corrected chi connectivity index (χ3v) is 2.45. The Balaban J connectivity index is 2.60. The van der Waals surface area contributed by atoms with Gasteiger partial charge in [-0.3, -0.25) is 0 Å². The zero-order chi connectivity index (χ0) is 11.3. The molecule has 0 fully saturated rings. The van der Waals surface area contributed by atoms with E-state index < -0.39 is 0 Å². The molecular formula is C13H20O2. The van der Waals surface area contributed by atoms with E-state index in [0.717, 1.165) is 12.4 Å². The number of ether oxygens (including phenoxy) is 2. The van der Waals surface area contributed by atoms with Gasteiger partial charge in [-0.15, -0.1) is 0 Å². The third-order valence-electron chi connectivity index (χ3n) is 2.45. The van der Waals surface area contributed by atoms with Crippen molar-refractivity contribution in [3.05, 3.63) is 28.8 Å². The highest BCUT2D eigenvalue weighted by atomic mass is 16.5. The molecule has 0 N–H and O–H groups in total. The van der Waals surface area contributed by atoms with Crippen molar-refractivity contribution in [1.82, 2.24) is 0 Å². The summed E-state index contributed by atoms with van der Waals surface area (Å²) in [6.07, 6.45) is 0. The summed E-state index contributed by atoms with van der Waals surface area (Å²) in [7, 11) is 0. The van der Waals surface area contributed by atoms with Crippen LogP contribution >= 0.6 is 0 Å². The molecule has 0 saturated heterocycles. The van der Waals surface area contributed by atoms with Crippen LogP contribution in [-0.4, -0.2) is 19.8 Å². The van der Waals surface area contributed by atoms with Gasteiger partial charge in [-0.25, -0.2) is 0 Å². The predicted octanol–water partition coefficient (Wildman–Crippen LogP) is 3.03. The monoisotopic (exact) mass is 208 g/mol. The fraction of sp³-hybridized carbons (Fsp3) is 0.538. The fourth-order valence-corrected chi connectivity index (χ4v) is 1.51. The van der Waals surface area contributed by atoms with Gasteiger partial charge in [-0.2, -0.15) is 0 Å². The molecule has 1 aromatic carbocycles. The number of benzene rings is 1. The van der Waals surface area contributed by atoms with E-state index >= 15 is 0 Å². The molecule has 0 saturated carbocycles. The topological polar surface area (TPSA) is 18.5 Å². The lowest BCUT2D eigenvalue weighted by atomic mass is 10.1. The van der Waals surface area contributed by atoms with Gasteiger partial charge in [0, 0.05) is 6.61 Å². The Labute approximate surface area is 92.2 Å². The van der Waals surface area contributed by atoms with Gasteiger partial charge in [0.1, 0.15) is 12.4 Å². The molecule has 0 atom stereocenters. The number of hydrogen-bond donors (Lipinski definition) is 0. The van der Waals surface area contributed by atoms with Crippen molar-refractivity contribution < 1.29 is 9.47 Å². The molecule has 84 valence electrons. The zero-order valence-electron chi connectivity index (χ0n) is 10.1. The minimum Gasteiger partial charge on any atom is -0.491 e. The summed E-state index contributed by atoms with van der Waals surface area (Å²) in [5.41, 5.74) is 3.74. The van der Waals surface area contributed by atoms with Crippen molar-refractivity contribution >= 4 is 0 Å². The molecule has 0 aromatic heterocycles. The van der Waals surface area contributed by atoms with Crippen molar-refractivity contribution in [1.29, 1.82) is 0 Å². The Morgan fingerprint density at radius 3 is 2.47 bits per heavy atom. The van der Waals surface area contributed by atoms with Gasteiger partial charge < -0.3 is 9.47 Å². The maximum Gasteiger partial charge on any atom is 0.122 e. The first-order valence-corrected chi connectivity index (χ1v) is 5.43. The molecule has 0 aliphatic carbocycles. The van der Waals surface area contributed by atoms with Crippen LogP contribution in [0, 0.1) is 20.8 Å². The second kappa shape index (κ2) is 5.76. The largest absolute Gasteiger partial charge is 0.491 e. The Morgan fingerprint density at radius 1 is 1.07 bits per heavy atom. The standard InChI is InChI=1S/C13H20O2/c1-5-14-6-7-15-13-9-10(2)8-11(3)12(13)4/h8-9H,5-7H2,1-4H3. The van der Waals surface area contributed by atoms with Crippen LogP contribution in [0.2, 0.25) is 0 Å². The first-order chi connectivity index (χ1) is 7.15. The number of hydrogen-bond acceptors (Lipinski definition) is 2. The SMILES string of the molecule is CCOCCOc1cc(C)cc(C)c1C. The molecule has 0 unspecified atom stereocenters. The summed E-state index contributed by atoms with van der Waals surface area (Å²) in [5.74, 6) is 0.979. The molecule has 1 rings (SSSR count). The molecule has 0 bridgehead atoms. The van der Waals surface area contributed by atoms with Crippen LogP contribution in [0.3, 0.4) is 0 Å². The maximum absolute atomic E-state index is 5.68.